The topological polar surface area (TPSA) is 33.2 Å². The molecule has 1 heterocycles. The zero-order chi connectivity index (χ0) is 9.84. The van der Waals surface area contributed by atoms with Crippen LogP contribution in [0.4, 0.5) is 0 Å². The third-order valence-electron chi connectivity index (χ3n) is 1.78. The van der Waals surface area contributed by atoms with Crippen molar-refractivity contribution in [1.82, 2.24) is 9.88 Å². The molecule has 0 saturated heterocycles. The Hall–Kier alpha value is -0.930. The maximum Gasteiger partial charge on any atom is 0.141 e. The molecule has 0 bridgehead atoms. The fourth-order valence-electron chi connectivity index (χ4n) is 1.06. The molecule has 0 radical (unpaired) electrons. The van der Waals surface area contributed by atoms with Gasteiger partial charge >= 0.3 is 0 Å². The Morgan fingerprint density at radius 1 is 1.54 bits per heavy atom. The first-order chi connectivity index (χ1) is 6.15. The van der Waals surface area contributed by atoms with Crippen LogP contribution in [0.3, 0.4) is 0 Å². The Bertz CT molecular complexity index is 284. The monoisotopic (exact) mass is 198 g/mol. The van der Waals surface area contributed by atoms with Gasteiger partial charge in [0.05, 0.1) is 6.04 Å². The van der Waals surface area contributed by atoms with Crippen LogP contribution in [0.25, 0.3) is 0 Å². The number of nitrogens with zero attached hydrogens (tertiary/aromatic N) is 2. The number of carbonyl (C=O) groups excluding carboxylic acids is 1. The highest BCUT2D eigenvalue weighted by atomic mass is 35.5. The van der Waals surface area contributed by atoms with Crippen molar-refractivity contribution in [3.63, 3.8) is 0 Å². The van der Waals surface area contributed by atoms with E-state index in [1.807, 2.05) is 19.0 Å². The van der Waals surface area contributed by atoms with Crippen molar-refractivity contribution in [1.29, 1.82) is 0 Å². The first-order valence-corrected chi connectivity index (χ1v) is 4.26. The van der Waals surface area contributed by atoms with E-state index in [1.165, 1.54) is 0 Å². The zero-order valence-corrected chi connectivity index (χ0v) is 8.32. The Labute approximate surface area is 82.3 Å². The van der Waals surface area contributed by atoms with Gasteiger partial charge in [-0.3, -0.25) is 4.90 Å². The van der Waals surface area contributed by atoms with Crippen LogP contribution >= 0.6 is 11.6 Å². The van der Waals surface area contributed by atoms with Crippen molar-refractivity contribution in [2.24, 2.45) is 0 Å². The number of aromatic nitrogens is 1. The van der Waals surface area contributed by atoms with Gasteiger partial charge in [0.25, 0.3) is 0 Å². The number of aldehydes is 1. The summed E-state index contributed by atoms with van der Waals surface area (Å²) in [7, 11) is 3.68. The van der Waals surface area contributed by atoms with E-state index < -0.39 is 0 Å². The number of carbonyl (C=O) groups is 1. The molecule has 0 aliphatic heterocycles. The molecule has 1 aromatic heterocycles. The largest absolute Gasteiger partial charge is 0.301 e. The van der Waals surface area contributed by atoms with E-state index in [0.29, 0.717) is 5.15 Å². The molecule has 0 saturated carbocycles. The molecule has 1 unspecified atom stereocenters. The van der Waals surface area contributed by atoms with Crippen molar-refractivity contribution in [3.8, 4) is 0 Å². The molecule has 0 spiro atoms. The lowest BCUT2D eigenvalue weighted by molar-refractivity contribution is -0.111. The van der Waals surface area contributed by atoms with Crippen molar-refractivity contribution < 1.29 is 4.79 Å². The second-order valence-electron chi connectivity index (χ2n) is 2.96. The van der Waals surface area contributed by atoms with Crippen LogP contribution in [0.15, 0.2) is 18.3 Å². The lowest BCUT2D eigenvalue weighted by Crippen LogP contribution is -2.21. The lowest BCUT2D eigenvalue weighted by atomic mass is 10.1. The maximum absolute atomic E-state index is 10.7. The Balaban J connectivity index is 2.92. The van der Waals surface area contributed by atoms with Gasteiger partial charge in [-0.05, 0) is 25.7 Å². The molecule has 0 aromatic carbocycles. The second kappa shape index (κ2) is 4.35. The van der Waals surface area contributed by atoms with Crippen molar-refractivity contribution in [2.75, 3.05) is 14.1 Å². The molecular formula is C9H11ClN2O. The SMILES string of the molecule is CN(C)C(C=O)c1ccc(Cl)nc1. The van der Waals surface area contributed by atoms with Crippen molar-refractivity contribution in [3.05, 3.63) is 29.0 Å². The van der Waals surface area contributed by atoms with E-state index in [1.54, 1.807) is 18.3 Å². The van der Waals surface area contributed by atoms with E-state index in [4.69, 9.17) is 11.6 Å². The highest BCUT2D eigenvalue weighted by molar-refractivity contribution is 6.29. The third-order valence-corrected chi connectivity index (χ3v) is 2.00. The van der Waals surface area contributed by atoms with E-state index in [9.17, 15) is 4.79 Å². The van der Waals surface area contributed by atoms with E-state index in [-0.39, 0.29) is 6.04 Å². The van der Waals surface area contributed by atoms with E-state index in [2.05, 4.69) is 4.98 Å². The van der Waals surface area contributed by atoms with Gasteiger partial charge in [-0.25, -0.2) is 4.98 Å². The summed E-state index contributed by atoms with van der Waals surface area (Å²) in [5.74, 6) is 0. The number of likely N-dealkylation sites (N-methyl/N-ethyl adjacent to an activating group) is 1. The molecule has 0 aliphatic rings. The number of pyridine rings is 1. The summed E-state index contributed by atoms with van der Waals surface area (Å²) in [4.78, 5) is 16.5. The van der Waals surface area contributed by atoms with Gasteiger partial charge in [0.1, 0.15) is 11.4 Å². The van der Waals surface area contributed by atoms with E-state index in [0.717, 1.165) is 11.8 Å². The van der Waals surface area contributed by atoms with Crippen LogP contribution < -0.4 is 0 Å². The molecule has 0 fully saturated rings. The minimum Gasteiger partial charge on any atom is -0.301 e. The fourth-order valence-corrected chi connectivity index (χ4v) is 1.17. The summed E-state index contributed by atoms with van der Waals surface area (Å²) in [6, 6.07) is 3.23. The molecule has 0 N–H and O–H groups in total. The Morgan fingerprint density at radius 3 is 2.62 bits per heavy atom. The first-order valence-electron chi connectivity index (χ1n) is 3.88. The molecular weight excluding hydrogens is 188 g/mol. The lowest BCUT2D eigenvalue weighted by Gasteiger charge is -2.17. The van der Waals surface area contributed by atoms with Gasteiger partial charge in [0, 0.05) is 6.20 Å². The normalized spacial score (nSPS) is 12.9. The standard InChI is InChI=1S/C9H11ClN2O/c1-12(2)8(6-13)7-3-4-9(10)11-5-7/h3-6,8H,1-2H3. The molecule has 0 aliphatic carbocycles. The second-order valence-corrected chi connectivity index (χ2v) is 3.35. The number of rotatable bonds is 3. The van der Waals surface area contributed by atoms with Crippen LogP contribution in [-0.2, 0) is 4.79 Å². The smallest absolute Gasteiger partial charge is 0.141 e. The predicted molar refractivity (Wildman–Crippen MR) is 51.7 cm³/mol. The van der Waals surface area contributed by atoms with Crippen molar-refractivity contribution in [2.45, 2.75) is 6.04 Å². The molecule has 0 amide bonds. The summed E-state index contributed by atoms with van der Waals surface area (Å²) >= 11 is 5.63. The molecule has 1 atom stereocenters. The first kappa shape index (κ1) is 10.2. The van der Waals surface area contributed by atoms with E-state index >= 15 is 0 Å². The van der Waals surface area contributed by atoms with Gasteiger partial charge in [-0.1, -0.05) is 17.7 Å². The number of halogens is 1. The summed E-state index contributed by atoms with van der Waals surface area (Å²) < 4.78 is 0. The predicted octanol–water partition coefficient (Wildman–Crippen LogP) is 1.54. The zero-order valence-electron chi connectivity index (χ0n) is 7.57. The van der Waals surface area contributed by atoms with Gasteiger partial charge in [0.15, 0.2) is 0 Å². The molecule has 3 nitrogen and oxygen atoms in total. The molecule has 70 valence electrons. The average molecular weight is 199 g/mol. The minimum atomic E-state index is -0.246. The molecule has 1 aromatic rings. The van der Waals surface area contributed by atoms with Crippen LogP contribution in [0.5, 0.6) is 0 Å². The summed E-state index contributed by atoms with van der Waals surface area (Å²) in [5.41, 5.74) is 0.851. The molecule has 1 rings (SSSR count). The van der Waals surface area contributed by atoms with Crippen LogP contribution in [0, 0.1) is 0 Å². The van der Waals surface area contributed by atoms with Gasteiger partial charge in [0.2, 0.25) is 0 Å². The average Bonchev–Trinajstić information content (AvgIpc) is 2.09. The summed E-state index contributed by atoms with van der Waals surface area (Å²) in [6.45, 7) is 0. The van der Waals surface area contributed by atoms with Crippen LogP contribution in [-0.4, -0.2) is 30.3 Å². The van der Waals surface area contributed by atoms with Gasteiger partial charge in [-0.15, -0.1) is 0 Å². The third kappa shape index (κ3) is 2.50. The minimum absolute atomic E-state index is 0.246. The fraction of sp³-hybridized carbons (Fsp3) is 0.333. The summed E-state index contributed by atoms with van der Waals surface area (Å²) in [5, 5.41) is 0.437. The Kier molecular flexibility index (Phi) is 3.39. The number of hydrogen-bond acceptors (Lipinski definition) is 3. The van der Waals surface area contributed by atoms with Crippen molar-refractivity contribution >= 4 is 17.9 Å². The maximum atomic E-state index is 10.7. The van der Waals surface area contributed by atoms with Gasteiger partial charge in [-0.2, -0.15) is 0 Å². The number of hydrogen-bond donors (Lipinski definition) is 0. The van der Waals surface area contributed by atoms with Crippen LogP contribution in [0.1, 0.15) is 11.6 Å². The molecule has 13 heavy (non-hydrogen) atoms. The quantitative estimate of drug-likeness (QED) is 0.546. The highest BCUT2D eigenvalue weighted by Crippen LogP contribution is 2.15. The van der Waals surface area contributed by atoms with Crippen LogP contribution in [0.2, 0.25) is 5.15 Å². The highest BCUT2D eigenvalue weighted by Gasteiger charge is 2.12. The van der Waals surface area contributed by atoms with Gasteiger partial charge < -0.3 is 4.79 Å². The molecule has 4 heteroatoms. The Morgan fingerprint density at radius 2 is 2.23 bits per heavy atom. The summed E-state index contributed by atoms with van der Waals surface area (Å²) in [6.07, 6.45) is 2.49.